The molecule has 0 spiro atoms. The molecule has 0 aliphatic rings. The molecule has 0 atom stereocenters. The van der Waals surface area contributed by atoms with E-state index in [1.165, 1.54) is 15.9 Å². The Morgan fingerprint density at radius 3 is 2.72 bits per heavy atom. The number of benzene rings is 2. The highest BCUT2D eigenvalue weighted by Crippen LogP contribution is 2.22. The van der Waals surface area contributed by atoms with E-state index in [1.807, 2.05) is 31.2 Å². The zero-order valence-electron chi connectivity index (χ0n) is 13.0. The van der Waals surface area contributed by atoms with Crippen LogP contribution < -0.4 is 10.1 Å². The van der Waals surface area contributed by atoms with E-state index in [1.54, 1.807) is 24.3 Å². The Morgan fingerprint density at radius 2 is 2.00 bits per heavy atom. The lowest BCUT2D eigenvalue weighted by Gasteiger charge is -1.97. The predicted octanol–water partition coefficient (Wildman–Crippen LogP) is 3.98. The highest BCUT2D eigenvalue weighted by atomic mass is 35.5. The number of thiazole rings is 1. The molecule has 0 aliphatic heterocycles. The van der Waals surface area contributed by atoms with Crippen LogP contribution in [0.25, 0.3) is 22.4 Å². The summed E-state index contributed by atoms with van der Waals surface area (Å²) in [4.78, 5) is 17.6. The van der Waals surface area contributed by atoms with Crippen LogP contribution in [0.3, 0.4) is 0 Å². The quantitative estimate of drug-likeness (QED) is 0.522. The predicted molar refractivity (Wildman–Crippen MR) is 103 cm³/mol. The van der Waals surface area contributed by atoms with E-state index in [9.17, 15) is 4.79 Å². The molecule has 0 fully saturated rings. The molecule has 4 rings (SSSR count). The number of fused-ring (bicyclic) bond motifs is 1. The topological polar surface area (TPSA) is 47.3 Å². The largest absolute Gasteiger partial charge is 0.291 e. The summed E-state index contributed by atoms with van der Waals surface area (Å²) in [5, 5.41) is 5.39. The molecule has 4 nitrogen and oxygen atoms in total. The van der Waals surface area contributed by atoms with Gasteiger partial charge in [-0.15, -0.1) is 5.10 Å². The molecule has 7 heteroatoms. The summed E-state index contributed by atoms with van der Waals surface area (Å²) in [5.74, 6) is 0.545. The van der Waals surface area contributed by atoms with Gasteiger partial charge < -0.3 is 0 Å². The lowest BCUT2D eigenvalue weighted by molar-refractivity contribution is 0.936. The van der Waals surface area contributed by atoms with Crippen LogP contribution in [0, 0.1) is 6.92 Å². The van der Waals surface area contributed by atoms with Gasteiger partial charge in [0.1, 0.15) is 0 Å². The van der Waals surface area contributed by atoms with Crippen molar-refractivity contribution in [3.8, 4) is 11.4 Å². The first kappa shape index (κ1) is 16.3. The summed E-state index contributed by atoms with van der Waals surface area (Å²) in [7, 11) is 0. The molecule has 0 saturated carbocycles. The normalized spacial score (nSPS) is 12.2. The first-order chi connectivity index (χ1) is 12.0. The zero-order chi connectivity index (χ0) is 17.6. The Hall–Kier alpha value is -2.21. The third kappa shape index (κ3) is 3.06. The van der Waals surface area contributed by atoms with E-state index in [0.29, 0.717) is 25.4 Å². The first-order valence-electron chi connectivity index (χ1n) is 7.45. The van der Waals surface area contributed by atoms with Crippen molar-refractivity contribution in [1.82, 2.24) is 14.6 Å². The summed E-state index contributed by atoms with van der Waals surface area (Å²) in [5.41, 5.74) is 2.52. The maximum absolute atomic E-state index is 12.6. The van der Waals surface area contributed by atoms with Gasteiger partial charge in [-0.3, -0.25) is 4.79 Å². The maximum atomic E-state index is 12.6. The van der Waals surface area contributed by atoms with Crippen LogP contribution in [0.2, 0.25) is 10.0 Å². The van der Waals surface area contributed by atoms with Crippen LogP contribution in [-0.4, -0.2) is 14.6 Å². The number of aromatic nitrogens is 3. The smallest absolute Gasteiger partial charge is 0.266 e. The summed E-state index contributed by atoms with van der Waals surface area (Å²) < 4.78 is 1.85. The average Bonchev–Trinajstić information content (AvgIpc) is 3.10. The fraction of sp³-hybridized carbons (Fsp3) is 0.0556. The fourth-order valence-electron chi connectivity index (χ4n) is 2.50. The second-order valence-corrected chi connectivity index (χ2v) is 7.43. The van der Waals surface area contributed by atoms with Crippen LogP contribution in [0.1, 0.15) is 11.1 Å². The molecular formula is C18H11Cl2N3OS. The molecule has 0 amide bonds. The number of hydrogen-bond acceptors (Lipinski definition) is 4. The summed E-state index contributed by atoms with van der Waals surface area (Å²) in [6.07, 6.45) is 1.73. The molecule has 4 aromatic rings. The van der Waals surface area contributed by atoms with Crippen molar-refractivity contribution in [3.63, 3.8) is 0 Å². The van der Waals surface area contributed by atoms with Gasteiger partial charge in [0.05, 0.1) is 4.53 Å². The van der Waals surface area contributed by atoms with Gasteiger partial charge in [-0.05, 0) is 36.8 Å². The van der Waals surface area contributed by atoms with Gasteiger partial charge in [-0.2, -0.15) is 9.50 Å². The molecule has 0 aliphatic carbocycles. The van der Waals surface area contributed by atoms with E-state index in [2.05, 4.69) is 10.1 Å². The third-order valence-corrected chi connectivity index (χ3v) is 5.23. The Labute approximate surface area is 157 Å². The molecule has 2 aromatic carbocycles. The molecule has 0 radical (unpaired) electrons. The SMILES string of the molecule is Cc1cccc(-c2nc3s/c(=C\c4ccc(Cl)cc4Cl)c(=O)n3n2)c1. The second-order valence-electron chi connectivity index (χ2n) is 5.58. The highest BCUT2D eigenvalue weighted by molar-refractivity contribution is 7.15. The third-order valence-electron chi connectivity index (χ3n) is 3.71. The van der Waals surface area contributed by atoms with Crippen molar-refractivity contribution in [2.45, 2.75) is 6.92 Å². The minimum Gasteiger partial charge on any atom is -0.266 e. The standard InChI is InChI=1S/C18H11Cl2N3OS/c1-10-3-2-4-12(7-10)16-21-18-23(22-16)17(24)15(25-18)8-11-5-6-13(19)9-14(11)20/h2-9H,1H3/b15-8-. The number of rotatable bonds is 2. The van der Waals surface area contributed by atoms with Gasteiger partial charge >= 0.3 is 0 Å². The summed E-state index contributed by atoms with van der Waals surface area (Å²) in [6, 6.07) is 13.0. The van der Waals surface area contributed by atoms with Crippen molar-refractivity contribution in [2.24, 2.45) is 0 Å². The maximum Gasteiger partial charge on any atom is 0.291 e. The molecular weight excluding hydrogens is 377 g/mol. The van der Waals surface area contributed by atoms with E-state index < -0.39 is 0 Å². The molecule has 2 heterocycles. The lowest BCUT2D eigenvalue weighted by Crippen LogP contribution is -2.23. The van der Waals surface area contributed by atoms with Crippen molar-refractivity contribution < 1.29 is 0 Å². The van der Waals surface area contributed by atoms with Gasteiger partial charge in [-0.25, -0.2) is 0 Å². The number of nitrogens with zero attached hydrogens (tertiary/aromatic N) is 3. The second kappa shape index (κ2) is 6.26. The molecule has 0 saturated heterocycles. The van der Waals surface area contributed by atoms with Gasteiger partial charge in [0.25, 0.3) is 5.56 Å². The minimum atomic E-state index is -0.211. The van der Waals surface area contributed by atoms with Gasteiger partial charge in [-0.1, -0.05) is 64.4 Å². The monoisotopic (exact) mass is 387 g/mol. The van der Waals surface area contributed by atoms with Gasteiger partial charge in [0, 0.05) is 15.6 Å². The van der Waals surface area contributed by atoms with Crippen LogP contribution in [0.5, 0.6) is 0 Å². The van der Waals surface area contributed by atoms with Crippen molar-refractivity contribution in [1.29, 1.82) is 0 Å². The van der Waals surface area contributed by atoms with Crippen molar-refractivity contribution in [2.75, 3.05) is 0 Å². The summed E-state index contributed by atoms with van der Waals surface area (Å²) in [6.45, 7) is 2.00. The molecule has 124 valence electrons. The van der Waals surface area contributed by atoms with E-state index in [4.69, 9.17) is 23.2 Å². The van der Waals surface area contributed by atoms with Crippen molar-refractivity contribution in [3.05, 3.63) is 78.5 Å². The van der Waals surface area contributed by atoms with E-state index >= 15 is 0 Å². The first-order valence-corrected chi connectivity index (χ1v) is 9.02. The number of halogens is 2. The Kier molecular flexibility index (Phi) is 4.07. The Bertz CT molecular complexity index is 1210. The Balaban J connectivity index is 1.83. The van der Waals surface area contributed by atoms with E-state index in [-0.39, 0.29) is 5.56 Å². The molecule has 0 unspecified atom stereocenters. The molecule has 0 bridgehead atoms. The zero-order valence-corrected chi connectivity index (χ0v) is 15.4. The Morgan fingerprint density at radius 1 is 1.16 bits per heavy atom. The van der Waals surface area contributed by atoms with Crippen molar-refractivity contribution >= 4 is 45.6 Å². The van der Waals surface area contributed by atoms with Crippen LogP contribution in [0.15, 0.2) is 47.3 Å². The van der Waals surface area contributed by atoms with E-state index in [0.717, 1.165) is 16.7 Å². The molecule has 0 N–H and O–H groups in total. The summed E-state index contributed by atoms with van der Waals surface area (Å²) >= 11 is 13.4. The average molecular weight is 388 g/mol. The lowest BCUT2D eigenvalue weighted by atomic mass is 10.1. The molecule has 25 heavy (non-hydrogen) atoms. The number of aryl methyl sites for hydroxylation is 1. The van der Waals surface area contributed by atoms with Crippen LogP contribution in [-0.2, 0) is 0 Å². The fourth-order valence-corrected chi connectivity index (χ4v) is 3.86. The highest BCUT2D eigenvalue weighted by Gasteiger charge is 2.12. The minimum absolute atomic E-state index is 0.211. The van der Waals surface area contributed by atoms with Crippen LogP contribution >= 0.6 is 34.5 Å². The van der Waals surface area contributed by atoms with Gasteiger partial charge in [0.15, 0.2) is 5.82 Å². The van der Waals surface area contributed by atoms with Gasteiger partial charge in [0.2, 0.25) is 4.96 Å². The number of hydrogen-bond donors (Lipinski definition) is 0. The molecule has 2 aromatic heterocycles. The van der Waals surface area contributed by atoms with Crippen LogP contribution in [0.4, 0.5) is 0 Å².